The first kappa shape index (κ1) is 8.01. The molecule has 0 aliphatic carbocycles. The average Bonchev–Trinajstić information content (AvgIpc) is 2.12. The van der Waals surface area contributed by atoms with Crippen molar-refractivity contribution in [2.24, 2.45) is 0 Å². The molecule has 0 unspecified atom stereocenters. The molecule has 0 spiro atoms. The lowest BCUT2D eigenvalue weighted by Crippen LogP contribution is -2.63. The number of hydrogen-bond acceptors (Lipinski definition) is 3. The highest BCUT2D eigenvalue weighted by molar-refractivity contribution is 5.82. The van der Waals surface area contributed by atoms with Gasteiger partial charge in [-0.2, -0.15) is 0 Å². The zero-order valence-corrected chi connectivity index (χ0v) is 7.42. The fourth-order valence-corrected chi connectivity index (χ4v) is 1.90. The summed E-state index contributed by atoms with van der Waals surface area (Å²) in [5.41, 5.74) is 0. The molecule has 12 heavy (non-hydrogen) atoms. The van der Waals surface area contributed by atoms with Crippen LogP contribution < -0.4 is 5.32 Å². The van der Waals surface area contributed by atoms with Gasteiger partial charge in [0.05, 0.1) is 0 Å². The van der Waals surface area contributed by atoms with Gasteiger partial charge in [0.25, 0.3) is 0 Å². The number of likely N-dealkylation sites (N-methyl/N-ethyl adjacent to an activating group) is 1. The van der Waals surface area contributed by atoms with Gasteiger partial charge in [0.1, 0.15) is 6.04 Å². The van der Waals surface area contributed by atoms with E-state index in [0.29, 0.717) is 0 Å². The predicted molar refractivity (Wildman–Crippen MR) is 45.9 cm³/mol. The second kappa shape index (κ2) is 3.03. The molecule has 2 heterocycles. The van der Waals surface area contributed by atoms with E-state index < -0.39 is 0 Å². The van der Waals surface area contributed by atoms with Crippen LogP contribution in [0.2, 0.25) is 0 Å². The van der Waals surface area contributed by atoms with Crippen LogP contribution in [0.5, 0.6) is 0 Å². The number of rotatable bonds is 0. The van der Waals surface area contributed by atoms with Crippen molar-refractivity contribution < 1.29 is 4.79 Å². The fourth-order valence-electron chi connectivity index (χ4n) is 1.90. The van der Waals surface area contributed by atoms with E-state index in [-0.39, 0.29) is 11.9 Å². The quantitative estimate of drug-likeness (QED) is 0.491. The highest BCUT2D eigenvalue weighted by Crippen LogP contribution is 2.10. The van der Waals surface area contributed by atoms with E-state index in [1.54, 1.807) is 0 Å². The Labute approximate surface area is 72.5 Å². The first-order valence-corrected chi connectivity index (χ1v) is 4.49. The maximum absolute atomic E-state index is 11.6. The predicted octanol–water partition coefficient (Wildman–Crippen LogP) is -1.27. The third-order valence-electron chi connectivity index (χ3n) is 2.74. The Bertz CT molecular complexity index is 195. The third kappa shape index (κ3) is 1.21. The van der Waals surface area contributed by atoms with Crippen molar-refractivity contribution in [2.45, 2.75) is 6.04 Å². The number of piperazine rings is 2. The van der Waals surface area contributed by atoms with E-state index in [1.807, 2.05) is 11.9 Å². The molecule has 1 atom stereocenters. The van der Waals surface area contributed by atoms with Crippen LogP contribution in [0.3, 0.4) is 0 Å². The maximum atomic E-state index is 11.6. The summed E-state index contributed by atoms with van der Waals surface area (Å²) in [6.45, 7) is 4.78. The standard InChI is InChI=1S/C8H15N3O/c1-10-4-5-11-3-2-9-6-7(11)8(10)12/h7,9H,2-6H2,1H3/t7-/m0/s1. The Kier molecular flexibility index (Phi) is 2.02. The molecular formula is C8H15N3O. The van der Waals surface area contributed by atoms with Gasteiger partial charge in [-0.3, -0.25) is 9.69 Å². The van der Waals surface area contributed by atoms with Crippen LogP contribution in [0, 0.1) is 0 Å². The van der Waals surface area contributed by atoms with Crippen molar-refractivity contribution in [3.05, 3.63) is 0 Å². The van der Waals surface area contributed by atoms with E-state index in [2.05, 4.69) is 10.2 Å². The van der Waals surface area contributed by atoms with Gasteiger partial charge in [-0.25, -0.2) is 0 Å². The van der Waals surface area contributed by atoms with Gasteiger partial charge in [0.2, 0.25) is 5.91 Å². The summed E-state index contributed by atoms with van der Waals surface area (Å²) in [4.78, 5) is 15.7. The number of nitrogens with zero attached hydrogens (tertiary/aromatic N) is 2. The topological polar surface area (TPSA) is 35.6 Å². The molecule has 4 nitrogen and oxygen atoms in total. The summed E-state index contributed by atoms with van der Waals surface area (Å²) in [5.74, 6) is 0.272. The monoisotopic (exact) mass is 169 g/mol. The lowest BCUT2D eigenvalue weighted by molar-refractivity contribution is -0.140. The van der Waals surface area contributed by atoms with Crippen LogP contribution in [-0.4, -0.2) is 61.5 Å². The molecule has 0 bridgehead atoms. The van der Waals surface area contributed by atoms with Gasteiger partial charge in [-0.15, -0.1) is 0 Å². The Morgan fingerprint density at radius 2 is 2.25 bits per heavy atom. The molecule has 2 saturated heterocycles. The summed E-state index contributed by atoms with van der Waals surface area (Å²) in [5, 5.41) is 3.25. The highest BCUT2D eigenvalue weighted by Gasteiger charge is 2.34. The van der Waals surface area contributed by atoms with E-state index in [0.717, 1.165) is 32.7 Å². The molecule has 1 N–H and O–H groups in total. The van der Waals surface area contributed by atoms with Gasteiger partial charge in [0.15, 0.2) is 0 Å². The molecule has 0 saturated carbocycles. The summed E-state index contributed by atoms with van der Waals surface area (Å²) >= 11 is 0. The largest absolute Gasteiger partial charge is 0.343 e. The van der Waals surface area contributed by atoms with Crippen LogP contribution in [0.15, 0.2) is 0 Å². The van der Waals surface area contributed by atoms with E-state index in [1.165, 1.54) is 0 Å². The van der Waals surface area contributed by atoms with Gasteiger partial charge < -0.3 is 10.2 Å². The first-order chi connectivity index (χ1) is 5.79. The summed E-state index contributed by atoms with van der Waals surface area (Å²) in [6, 6.07) is 0.109. The van der Waals surface area contributed by atoms with Crippen molar-refractivity contribution in [1.29, 1.82) is 0 Å². The van der Waals surface area contributed by atoms with Gasteiger partial charge in [0, 0.05) is 39.8 Å². The Hall–Kier alpha value is -0.610. The molecule has 1 amide bonds. The number of amides is 1. The van der Waals surface area contributed by atoms with Crippen LogP contribution in [-0.2, 0) is 4.79 Å². The third-order valence-corrected chi connectivity index (χ3v) is 2.74. The molecule has 0 aromatic heterocycles. The minimum absolute atomic E-state index is 0.109. The molecule has 68 valence electrons. The van der Waals surface area contributed by atoms with E-state index in [4.69, 9.17) is 0 Å². The van der Waals surface area contributed by atoms with Gasteiger partial charge >= 0.3 is 0 Å². The Morgan fingerprint density at radius 3 is 3.08 bits per heavy atom. The minimum atomic E-state index is 0.109. The van der Waals surface area contributed by atoms with Crippen molar-refractivity contribution in [3.63, 3.8) is 0 Å². The molecule has 2 aliphatic heterocycles. The zero-order chi connectivity index (χ0) is 8.55. The molecule has 2 fully saturated rings. The molecule has 0 aromatic rings. The second-order valence-electron chi connectivity index (χ2n) is 3.52. The van der Waals surface area contributed by atoms with Crippen LogP contribution in [0.4, 0.5) is 0 Å². The maximum Gasteiger partial charge on any atom is 0.241 e. The molecule has 4 heteroatoms. The first-order valence-electron chi connectivity index (χ1n) is 4.49. The lowest BCUT2D eigenvalue weighted by atomic mass is 10.1. The molecular weight excluding hydrogens is 154 g/mol. The number of nitrogens with one attached hydrogen (secondary N) is 1. The number of carbonyl (C=O) groups excluding carboxylic acids is 1. The number of fused-ring (bicyclic) bond motifs is 1. The second-order valence-corrected chi connectivity index (χ2v) is 3.52. The fraction of sp³-hybridized carbons (Fsp3) is 0.875. The van der Waals surface area contributed by atoms with Crippen LogP contribution in [0.1, 0.15) is 0 Å². The average molecular weight is 169 g/mol. The number of hydrogen-bond donors (Lipinski definition) is 1. The van der Waals surface area contributed by atoms with Gasteiger partial charge in [-0.1, -0.05) is 0 Å². The van der Waals surface area contributed by atoms with Gasteiger partial charge in [-0.05, 0) is 0 Å². The normalized spacial score (nSPS) is 31.9. The van der Waals surface area contributed by atoms with Crippen LogP contribution in [0.25, 0.3) is 0 Å². The SMILES string of the molecule is CN1CCN2CCNC[C@H]2C1=O. The summed E-state index contributed by atoms with van der Waals surface area (Å²) < 4.78 is 0. The molecule has 0 aromatic carbocycles. The lowest BCUT2D eigenvalue weighted by Gasteiger charge is -2.41. The summed E-state index contributed by atoms with van der Waals surface area (Å²) in [6.07, 6.45) is 0. The number of carbonyl (C=O) groups is 1. The molecule has 2 aliphatic rings. The van der Waals surface area contributed by atoms with Crippen molar-refractivity contribution >= 4 is 5.91 Å². The van der Waals surface area contributed by atoms with E-state index in [9.17, 15) is 4.79 Å². The Morgan fingerprint density at radius 1 is 1.42 bits per heavy atom. The smallest absolute Gasteiger partial charge is 0.241 e. The van der Waals surface area contributed by atoms with E-state index >= 15 is 0 Å². The molecule has 0 radical (unpaired) electrons. The molecule has 2 rings (SSSR count). The highest BCUT2D eigenvalue weighted by atomic mass is 16.2. The van der Waals surface area contributed by atoms with Crippen molar-refractivity contribution in [3.8, 4) is 0 Å². The van der Waals surface area contributed by atoms with Crippen molar-refractivity contribution in [1.82, 2.24) is 15.1 Å². The van der Waals surface area contributed by atoms with Crippen LogP contribution >= 0.6 is 0 Å². The summed E-state index contributed by atoms with van der Waals surface area (Å²) in [7, 11) is 1.88. The Balaban J connectivity index is 2.08. The minimum Gasteiger partial charge on any atom is -0.343 e. The van der Waals surface area contributed by atoms with Crippen molar-refractivity contribution in [2.75, 3.05) is 39.8 Å². The zero-order valence-electron chi connectivity index (χ0n) is 7.42.